The fourth-order valence-corrected chi connectivity index (χ4v) is 5.43. The summed E-state index contributed by atoms with van der Waals surface area (Å²) in [6, 6.07) is 0. The molecule has 1 heterocycles. The maximum Gasteiger partial charge on any atom is 0.341 e. The molecule has 4 nitrogen and oxygen atoms in total. The largest absolute Gasteiger partial charge is 0.462 e. The van der Waals surface area contributed by atoms with E-state index < -0.39 is 0 Å². The number of nitrogens with one attached hydrogen (secondary N) is 1. The topological polar surface area (TPSA) is 55.4 Å². The molecule has 144 valence electrons. The van der Waals surface area contributed by atoms with Gasteiger partial charge >= 0.3 is 5.97 Å². The van der Waals surface area contributed by atoms with E-state index in [4.69, 9.17) is 4.74 Å². The van der Waals surface area contributed by atoms with Gasteiger partial charge in [0.2, 0.25) is 5.91 Å². The van der Waals surface area contributed by atoms with Crippen LogP contribution in [0.2, 0.25) is 0 Å². The van der Waals surface area contributed by atoms with E-state index in [9.17, 15) is 9.59 Å². The SMILES string of the molecule is CCCOC(=O)c1c(NC(=O)CCC2CCCCC2)sc2c1CCCC2. The smallest absolute Gasteiger partial charge is 0.341 e. The van der Waals surface area contributed by atoms with Crippen LogP contribution in [0.15, 0.2) is 0 Å². The van der Waals surface area contributed by atoms with Gasteiger partial charge in [0.05, 0.1) is 12.2 Å². The maximum atomic E-state index is 12.6. The third-order valence-corrected chi connectivity index (χ3v) is 6.78. The van der Waals surface area contributed by atoms with Crippen molar-refractivity contribution in [3.8, 4) is 0 Å². The summed E-state index contributed by atoms with van der Waals surface area (Å²) in [5.41, 5.74) is 1.74. The number of anilines is 1. The molecule has 1 amide bonds. The number of hydrogen-bond donors (Lipinski definition) is 1. The van der Waals surface area contributed by atoms with Crippen molar-refractivity contribution >= 4 is 28.2 Å². The Morgan fingerprint density at radius 2 is 1.88 bits per heavy atom. The molecule has 1 aromatic heterocycles. The Hall–Kier alpha value is -1.36. The van der Waals surface area contributed by atoms with E-state index in [1.54, 1.807) is 11.3 Å². The second-order valence-corrected chi connectivity index (χ2v) is 8.75. The molecule has 0 unspecified atom stereocenters. The number of thiophene rings is 1. The highest BCUT2D eigenvalue weighted by Crippen LogP contribution is 2.39. The second-order valence-electron chi connectivity index (χ2n) is 7.64. The molecule has 1 N–H and O–H groups in total. The first-order valence-corrected chi connectivity index (χ1v) is 11.1. The molecule has 0 saturated heterocycles. The summed E-state index contributed by atoms with van der Waals surface area (Å²) in [5, 5.41) is 3.76. The fraction of sp³-hybridized carbons (Fsp3) is 0.714. The number of esters is 1. The zero-order valence-electron chi connectivity index (χ0n) is 15.9. The molecule has 0 spiro atoms. The van der Waals surface area contributed by atoms with Gasteiger partial charge in [0.25, 0.3) is 0 Å². The Kier molecular flexibility index (Phi) is 7.12. The van der Waals surface area contributed by atoms with E-state index in [1.807, 2.05) is 6.92 Å². The van der Waals surface area contributed by atoms with Gasteiger partial charge in [0.1, 0.15) is 5.00 Å². The zero-order chi connectivity index (χ0) is 18.4. The average molecular weight is 378 g/mol. The van der Waals surface area contributed by atoms with Crippen LogP contribution in [0.3, 0.4) is 0 Å². The molecular formula is C21H31NO3S. The number of carbonyl (C=O) groups excluding carboxylic acids is 2. The predicted molar refractivity (Wildman–Crippen MR) is 106 cm³/mol. The molecular weight excluding hydrogens is 346 g/mol. The molecule has 1 fully saturated rings. The minimum atomic E-state index is -0.270. The Morgan fingerprint density at radius 3 is 2.65 bits per heavy atom. The van der Waals surface area contributed by atoms with Crippen LogP contribution < -0.4 is 5.32 Å². The van der Waals surface area contributed by atoms with Gasteiger partial charge in [0, 0.05) is 11.3 Å². The minimum absolute atomic E-state index is 0.0405. The first-order valence-electron chi connectivity index (χ1n) is 10.3. The summed E-state index contributed by atoms with van der Waals surface area (Å²) in [6.45, 7) is 2.42. The molecule has 2 aliphatic rings. The van der Waals surface area contributed by atoms with Crippen LogP contribution in [-0.4, -0.2) is 18.5 Å². The number of amides is 1. The molecule has 3 rings (SSSR count). The van der Waals surface area contributed by atoms with Crippen molar-refractivity contribution in [1.82, 2.24) is 0 Å². The van der Waals surface area contributed by atoms with Gasteiger partial charge in [-0.3, -0.25) is 4.79 Å². The van der Waals surface area contributed by atoms with Crippen molar-refractivity contribution in [1.29, 1.82) is 0 Å². The number of aryl methyl sites for hydroxylation is 1. The number of carbonyl (C=O) groups is 2. The lowest BCUT2D eigenvalue weighted by atomic mass is 9.86. The molecule has 2 aliphatic carbocycles. The molecule has 0 aromatic carbocycles. The van der Waals surface area contributed by atoms with Crippen molar-refractivity contribution < 1.29 is 14.3 Å². The number of rotatable bonds is 7. The normalized spacial score (nSPS) is 17.6. The Bertz CT molecular complexity index is 631. The quantitative estimate of drug-likeness (QED) is 0.639. The summed E-state index contributed by atoms with van der Waals surface area (Å²) < 4.78 is 5.40. The molecule has 0 radical (unpaired) electrons. The molecule has 1 aromatic rings. The van der Waals surface area contributed by atoms with Gasteiger partial charge in [-0.1, -0.05) is 39.0 Å². The highest BCUT2D eigenvalue weighted by molar-refractivity contribution is 7.17. The Labute approximate surface area is 160 Å². The highest BCUT2D eigenvalue weighted by atomic mass is 32.1. The van der Waals surface area contributed by atoms with E-state index in [0.29, 0.717) is 29.5 Å². The molecule has 5 heteroatoms. The second kappa shape index (κ2) is 9.54. The Morgan fingerprint density at radius 1 is 1.12 bits per heavy atom. The van der Waals surface area contributed by atoms with Gasteiger partial charge in [-0.25, -0.2) is 4.79 Å². The van der Waals surface area contributed by atoms with Crippen LogP contribution in [0.4, 0.5) is 5.00 Å². The van der Waals surface area contributed by atoms with Crippen LogP contribution in [0.5, 0.6) is 0 Å². The standard InChI is InChI=1S/C21H31NO3S/c1-2-14-25-21(24)19-16-10-6-7-11-17(16)26-20(19)22-18(23)13-12-15-8-4-3-5-9-15/h15H,2-14H2,1H3,(H,22,23). The lowest BCUT2D eigenvalue weighted by Gasteiger charge is -2.20. The van der Waals surface area contributed by atoms with Crippen molar-refractivity contribution in [3.63, 3.8) is 0 Å². The lowest BCUT2D eigenvalue weighted by molar-refractivity contribution is -0.116. The van der Waals surface area contributed by atoms with E-state index in [-0.39, 0.29) is 11.9 Å². The third-order valence-electron chi connectivity index (χ3n) is 5.57. The first kappa shape index (κ1) is 19.4. The van der Waals surface area contributed by atoms with E-state index in [1.165, 1.54) is 37.0 Å². The molecule has 1 saturated carbocycles. The van der Waals surface area contributed by atoms with Crippen molar-refractivity contribution in [2.45, 2.75) is 84.0 Å². The van der Waals surface area contributed by atoms with E-state index in [0.717, 1.165) is 44.1 Å². The van der Waals surface area contributed by atoms with Crippen LogP contribution in [0.1, 0.15) is 91.9 Å². The van der Waals surface area contributed by atoms with Crippen LogP contribution in [0.25, 0.3) is 0 Å². The lowest BCUT2D eigenvalue weighted by Crippen LogP contribution is -2.17. The molecule has 26 heavy (non-hydrogen) atoms. The number of ether oxygens (including phenoxy) is 1. The van der Waals surface area contributed by atoms with Gasteiger partial charge < -0.3 is 10.1 Å². The van der Waals surface area contributed by atoms with Gasteiger partial charge in [0.15, 0.2) is 0 Å². The van der Waals surface area contributed by atoms with Crippen LogP contribution >= 0.6 is 11.3 Å². The minimum Gasteiger partial charge on any atom is -0.462 e. The van der Waals surface area contributed by atoms with Crippen LogP contribution in [-0.2, 0) is 22.4 Å². The van der Waals surface area contributed by atoms with Crippen molar-refractivity contribution in [3.05, 3.63) is 16.0 Å². The van der Waals surface area contributed by atoms with E-state index in [2.05, 4.69) is 5.32 Å². The van der Waals surface area contributed by atoms with Gasteiger partial charge in [-0.2, -0.15) is 0 Å². The number of hydrogen-bond acceptors (Lipinski definition) is 4. The molecule has 0 aliphatic heterocycles. The third kappa shape index (κ3) is 4.87. The highest BCUT2D eigenvalue weighted by Gasteiger charge is 2.27. The van der Waals surface area contributed by atoms with Crippen molar-refractivity contribution in [2.24, 2.45) is 5.92 Å². The Balaban J connectivity index is 1.66. The maximum absolute atomic E-state index is 12.6. The zero-order valence-corrected chi connectivity index (χ0v) is 16.7. The summed E-state index contributed by atoms with van der Waals surface area (Å²) in [7, 11) is 0. The van der Waals surface area contributed by atoms with Crippen molar-refractivity contribution in [2.75, 3.05) is 11.9 Å². The van der Waals surface area contributed by atoms with Gasteiger partial charge in [-0.05, 0) is 50.0 Å². The summed E-state index contributed by atoms with van der Waals surface area (Å²) in [6.07, 6.45) is 13.0. The molecule has 0 bridgehead atoms. The first-order chi connectivity index (χ1) is 12.7. The van der Waals surface area contributed by atoms with Gasteiger partial charge in [-0.15, -0.1) is 11.3 Å². The molecule has 0 atom stereocenters. The van der Waals surface area contributed by atoms with E-state index >= 15 is 0 Å². The predicted octanol–water partition coefficient (Wildman–Crippen LogP) is 5.49. The summed E-state index contributed by atoms with van der Waals surface area (Å²) in [4.78, 5) is 26.3. The fourth-order valence-electron chi connectivity index (χ4n) is 4.14. The van der Waals surface area contributed by atoms with Crippen LogP contribution in [0, 0.1) is 5.92 Å². The summed E-state index contributed by atoms with van der Waals surface area (Å²) in [5.74, 6) is 0.465. The summed E-state index contributed by atoms with van der Waals surface area (Å²) >= 11 is 1.58. The number of fused-ring (bicyclic) bond motifs is 1. The average Bonchev–Trinajstić information content (AvgIpc) is 3.03. The monoisotopic (exact) mass is 377 g/mol.